The molecule has 0 bridgehead atoms. The Morgan fingerprint density at radius 1 is 1.64 bits per heavy atom. The van der Waals surface area contributed by atoms with Gasteiger partial charge in [-0.15, -0.1) is 11.3 Å². The molecule has 0 N–H and O–H groups in total. The smallest absolute Gasteiger partial charge is 0.224 e. The molecule has 4 heteroatoms. The molecule has 1 saturated heterocycles. The largest absolute Gasteiger partial charge is 0.336 e. The zero-order chi connectivity index (χ0) is 10.1. The third kappa shape index (κ3) is 2.12. The van der Waals surface area contributed by atoms with Crippen LogP contribution < -0.4 is 0 Å². The van der Waals surface area contributed by atoms with Crippen molar-refractivity contribution >= 4 is 29.9 Å². The van der Waals surface area contributed by atoms with Gasteiger partial charge in [0.15, 0.2) is 0 Å². The maximum absolute atomic E-state index is 11.5. The molecule has 14 heavy (non-hydrogen) atoms. The number of likely N-dealkylation sites (tertiary alicyclic amines) is 1. The van der Waals surface area contributed by atoms with Gasteiger partial charge < -0.3 is 4.90 Å². The molecule has 1 unspecified atom stereocenters. The van der Waals surface area contributed by atoms with E-state index in [2.05, 4.69) is 31.7 Å². The van der Waals surface area contributed by atoms with Crippen molar-refractivity contribution < 1.29 is 4.79 Å². The molecule has 1 fully saturated rings. The number of rotatable bonds is 2. The number of hydrogen-bond donors (Lipinski definition) is 1. The summed E-state index contributed by atoms with van der Waals surface area (Å²) in [5.74, 6) is 0.232. The van der Waals surface area contributed by atoms with Crippen LogP contribution >= 0.6 is 24.0 Å². The van der Waals surface area contributed by atoms with Crippen LogP contribution in [0.2, 0.25) is 0 Å². The van der Waals surface area contributed by atoms with Crippen molar-refractivity contribution in [2.45, 2.75) is 25.1 Å². The highest BCUT2D eigenvalue weighted by Crippen LogP contribution is 2.22. The molecule has 1 aromatic heterocycles. The van der Waals surface area contributed by atoms with Crippen molar-refractivity contribution in [3.05, 3.63) is 21.9 Å². The summed E-state index contributed by atoms with van der Waals surface area (Å²) < 4.78 is 0. The lowest BCUT2D eigenvalue weighted by molar-refractivity contribution is -0.128. The summed E-state index contributed by atoms with van der Waals surface area (Å²) >= 11 is 6.08. The van der Waals surface area contributed by atoms with Crippen molar-refractivity contribution in [1.29, 1.82) is 0 Å². The highest BCUT2D eigenvalue weighted by molar-refractivity contribution is 7.81. The SMILES string of the molecule is Cc1ccc(CN2CC(S)CC2=O)s1. The van der Waals surface area contributed by atoms with E-state index in [-0.39, 0.29) is 11.2 Å². The van der Waals surface area contributed by atoms with Gasteiger partial charge in [0.25, 0.3) is 0 Å². The Morgan fingerprint density at radius 3 is 2.93 bits per heavy atom. The molecule has 0 aromatic carbocycles. The van der Waals surface area contributed by atoms with E-state index in [0.29, 0.717) is 6.42 Å². The minimum atomic E-state index is 0.226. The highest BCUT2D eigenvalue weighted by atomic mass is 32.1. The molecule has 1 aromatic rings. The Hall–Kier alpha value is -0.480. The van der Waals surface area contributed by atoms with Crippen LogP contribution in [0.4, 0.5) is 0 Å². The topological polar surface area (TPSA) is 20.3 Å². The van der Waals surface area contributed by atoms with E-state index < -0.39 is 0 Å². The zero-order valence-electron chi connectivity index (χ0n) is 8.06. The van der Waals surface area contributed by atoms with Crippen LogP contribution in [0.15, 0.2) is 12.1 Å². The highest BCUT2D eigenvalue weighted by Gasteiger charge is 2.27. The molecular weight excluding hydrogens is 214 g/mol. The number of carbonyl (C=O) groups excluding carboxylic acids is 1. The van der Waals surface area contributed by atoms with Crippen molar-refractivity contribution in [3.8, 4) is 0 Å². The standard InChI is InChI=1S/C10H13NOS2/c1-7-2-3-9(14-7)6-11-5-8(13)4-10(11)12/h2-3,8,13H,4-6H2,1H3. The summed E-state index contributed by atoms with van der Waals surface area (Å²) in [6.07, 6.45) is 0.591. The zero-order valence-corrected chi connectivity index (χ0v) is 9.78. The molecule has 1 atom stereocenters. The molecule has 2 rings (SSSR count). The van der Waals surface area contributed by atoms with Gasteiger partial charge in [0.05, 0.1) is 6.54 Å². The predicted octanol–water partition coefficient (Wildman–Crippen LogP) is 2.09. The van der Waals surface area contributed by atoms with Crippen LogP contribution in [0, 0.1) is 6.92 Å². The van der Waals surface area contributed by atoms with E-state index in [1.54, 1.807) is 11.3 Å². The Balaban J connectivity index is 2.01. The van der Waals surface area contributed by atoms with E-state index in [1.165, 1.54) is 9.75 Å². The minimum absolute atomic E-state index is 0.226. The molecule has 0 spiro atoms. The minimum Gasteiger partial charge on any atom is -0.336 e. The Kier molecular flexibility index (Phi) is 2.83. The number of hydrogen-bond acceptors (Lipinski definition) is 3. The van der Waals surface area contributed by atoms with E-state index in [4.69, 9.17) is 0 Å². The Morgan fingerprint density at radius 2 is 2.43 bits per heavy atom. The number of carbonyl (C=O) groups is 1. The average Bonchev–Trinajstić information content (AvgIpc) is 2.61. The Labute approximate surface area is 93.3 Å². The van der Waals surface area contributed by atoms with Crippen LogP contribution in [-0.4, -0.2) is 22.6 Å². The average molecular weight is 227 g/mol. The quantitative estimate of drug-likeness (QED) is 0.767. The lowest BCUT2D eigenvalue weighted by Gasteiger charge is -2.14. The fourth-order valence-electron chi connectivity index (χ4n) is 1.66. The summed E-state index contributed by atoms with van der Waals surface area (Å²) in [5.41, 5.74) is 0. The van der Waals surface area contributed by atoms with Crippen LogP contribution in [-0.2, 0) is 11.3 Å². The number of thiol groups is 1. The number of nitrogens with zero attached hydrogens (tertiary/aromatic N) is 1. The second kappa shape index (κ2) is 3.95. The third-order valence-corrected chi connectivity index (χ3v) is 3.67. The fraction of sp³-hybridized carbons (Fsp3) is 0.500. The number of aryl methyl sites for hydroxylation is 1. The summed E-state index contributed by atoms with van der Waals surface area (Å²) in [4.78, 5) is 15.9. The van der Waals surface area contributed by atoms with E-state index in [0.717, 1.165) is 13.1 Å². The monoisotopic (exact) mass is 227 g/mol. The van der Waals surface area contributed by atoms with Gasteiger partial charge in [0.1, 0.15) is 0 Å². The predicted molar refractivity (Wildman–Crippen MR) is 61.9 cm³/mol. The first-order valence-electron chi connectivity index (χ1n) is 4.66. The summed E-state index contributed by atoms with van der Waals surface area (Å²) in [5, 5.41) is 0.226. The van der Waals surface area contributed by atoms with Gasteiger partial charge in [-0.1, -0.05) is 0 Å². The molecule has 2 heterocycles. The van der Waals surface area contributed by atoms with Gasteiger partial charge in [-0.2, -0.15) is 12.6 Å². The summed E-state index contributed by atoms with van der Waals surface area (Å²) in [6.45, 7) is 3.63. The van der Waals surface area contributed by atoms with Gasteiger partial charge in [-0.3, -0.25) is 4.79 Å². The van der Waals surface area contributed by atoms with Crippen molar-refractivity contribution in [2.75, 3.05) is 6.54 Å². The summed E-state index contributed by atoms with van der Waals surface area (Å²) in [6, 6.07) is 4.19. The fourth-order valence-corrected chi connectivity index (χ4v) is 2.92. The Bertz CT molecular complexity index is 348. The van der Waals surface area contributed by atoms with Gasteiger partial charge >= 0.3 is 0 Å². The molecule has 1 amide bonds. The van der Waals surface area contributed by atoms with E-state index in [9.17, 15) is 4.79 Å². The molecule has 0 saturated carbocycles. The number of thiophene rings is 1. The van der Waals surface area contributed by atoms with Crippen LogP contribution in [0.5, 0.6) is 0 Å². The van der Waals surface area contributed by atoms with E-state index >= 15 is 0 Å². The van der Waals surface area contributed by atoms with Gasteiger partial charge in [-0.05, 0) is 19.1 Å². The maximum atomic E-state index is 11.5. The van der Waals surface area contributed by atoms with Crippen molar-refractivity contribution in [1.82, 2.24) is 4.90 Å². The van der Waals surface area contributed by atoms with Crippen molar-refractivity contribution in [3.63, 3.8) is 0 Å². The van der Waals surface area contributed by atoms with Crippen LogP contribution in [0.1, 0.15) is 16.2 Å². The second-order valence-corrected chi connectivity index (χ2v) is 5.75. The lowest BCUT2D eigenvalue weighted by atomic mass is 10.4. The number of amides is 1. The molecule has 0 radical (unpaired) electrons. The van der Waals surface area contributed by atoms with Gasteiger partial charge in [0, 0.05) is 28.0 Å². The first kappa shape index (κ1) is 10.1. The molecule has 0 aliphatic carbocycles. The molecule has 1 aliphatic heterocycles. The second-order valence-electron chi connectivity index (χ2n) is 3.64. The first-order valence-corrected chi connectivity index (χ1v) is 5.99. The van der Waals surface area contributed by atoms with Crippen molar-refractivity contribution in [2.24, 2.45) is 0 Å². The van der Waals surface area contributed by atoms with Crippen LogP contribution in [0.3, 0.4) is 0 Å². The van der Waals surface area contributed by atoms with Crippen LogP contribution in [0.25, 0.3) is 0 Å². The lowest BCUT2D eigenvalue weighted by Crippen LogP contribution is -2.24. The summed E-state index contributed by atoms with van der Waals surface area (Å²) in [7, 11) is 0. The molecule has 2 nitrogen and oxygen atoms in total. The normalized spacial score (nSPS) is 22.0. The molecule has 1 aliphatic rings. The molecule has 76 valence electrons. The maximum Gasteiger partial charge on any atom is 0.224 e. The van der Waals surface area contributed by atoms with Gasteiger partial charge in [-0.25, -0.2) is 0 Å². The van der Waals surface area contributed by atoms with E-state index in [1.807, 2.05) is 4.90 Å². The third-order valence-electron chi connectivity index (χ3n) is 2.34. The molecular formula is C10H13NOS2. The first-order chi connectivity index (χ1) is 6.65. The van der Waals surface area contributed by atoms with Gasteiger partial charge in [0.2, 0.25) is 5.91 Å².